The molecule has 2 rings (SSSR count). The highest BCUT2D eigenvalue weighted by atomic mass is 127. The van der Waals surface area contributed by atoms with E-state index in [-0.39, 0.29) is 35.5 Å². The number of methoxy groups -OCH3 is 1. The molecule has 2 N–H and O–H groups in total. The summed E-state index contributed by atoms with van der Waals surface area (Å²) in [5.41, 5.74) is 4.54. The van der Waals surface area contributed by atoms with Gasteiger partial charge in [0.15, 0.2) is 17.5 Å². The van der Waals surface area contributed by atoms with Gasteiger partial charge in [-0.1, -0.05) is 29.8 Å². The summed E-state index contributed by atoms with van der Waals surface area (Å²) in [6, 6.07) is 11.3. The lowest BCUT2D eigenvalue weighted by Crippen LogP contribution is -2.36. The number of hydrogen-bond acceptors (Lipinski definition) is 2. The Morgan fingerprint density at radius 1 is 1.08 bits per heavy atom. The highest BCUT2D eigenvalue weighted by Crippen LogP contribution is 2.17. The largest absolute Gasteiger partial charge is 0.494 e. The van der Waals surface area contributed by atoms with Crippen molar-refractivity contribution in [1.29, 1.82) is 0 Å². The highest BCUT2D eigenvalue weighted by molar-refractivity contribution is 14.0. The van der Waals surface area contributed by atoms with Crippen LogP contribution in [0.4, 0.5) is 4.39 Å². The standard InChI is InChI=1S/C19H24FN3O.HI/c1-13-5-7-16(14(2)9-13)12-23-19(21-3)22-11-15-6-8-18(24-4)17(20)10-15;/h5-10H,11-12H2,1-4H3,(H2,21,22,23);1H. The number of guanidine groups is 1. The second kappa shape index (κ2) is 10.2. The average Bonchev–Trinajstić information content (AvgIpc) is 2.56. The Morgan fingerprint density at radius 2 is 1.80 bits per heavy atom. The molecule has 136 valence electrons. The predicted octanol–water partition coefficient (Wildman–Crippen LogP) is 3.93. The summed E-state index contributed by atoms with van der Waals surface area (Å²) < 4.78 is 18.6. The number of hydrogen-bond donors (Lipinski definition) is 2. The third kappa shape index (κ3) is 6.19. The fraction of sp³-hybridized carbons (Fsp3) is 0.316. The molecule has 0 heterocycles. The first-order valence-corrected chi connectivity index (χ1v) is 7.86. The van der Waals surface area contributed by atoms with Crippen LogP contribution in [0.3, 0.4) is 0 Å². The van der Waals surface area contributed by atoms with Crippen molar-refractivity contribution >= 4 is 29.9 Å². The molecule has 0 radical (unpaired) electrons. The Bertz CT molecular complexity index is 735. The van der Waals surface area contributed by atoms with Gasteiger partial charge in [0.25, 0.3) is 0 Å². The van der Waals surface area contributed by atoms with Gasteiger partial charge in [0.2, 0.25) is 0 Å². The molecule has 2 aromatic carbocycles. The van der Waals surface area contributed by atoms with Crippen LogP contribution in [0.15, 0.2) is 41.4 Å². The normalized spacial score (nSPS) is 10.8. The van der Waals surface area contributed by atoms with Crippen molar-refractivity contribution in [3.63, 3.8) is 0 Å². The lowest BCUT2D eigenvalue weighted by molar-refractivity contribution is 0.386. The van der Waals surface area contributed by atoms with E-state index >= 15 is 0 Å². The topological polar surface area (TPSA) is 45.7 Å². The van der Waals surface area contributed by atoms with E-state index in [1.807, 2.05) is 6.07 Å². The Hall–Kier alpha value is -1.83. The monoisotopic (exact) mass is 457 g/mol. The molecule has 0 saturated carbocycles. The van der Waals surface area contributed by atoms with Gasteiger partial charge in [-0.05, 0) is 42.7 Å². The second-order valence-electron chi connectivity index (χ2n) is 5.68. The van der Waals surface area contributed by atoms with E-state index in [0.717, 1.165) is 5.56 Å². The molecule has 25 heavy (non-hydrogen) atoms. The summed E-state index contributed by atoms with van der Waals surface area (Å²) in [6.45, 7) is 5.34. The number of nitrogens with zero attached hydrogens (tertiary/aromatic N) is 1. The maximum Gasteiger partial charge on any atom is 0.191 e. The molecule has 2 aromatic rings. The van der Waals surface area contributed by atoms with Gasteiger partial charge in [0.1, 0.15) is 0 Å². The van der Waals surface area contributed by atoms with Crippen molar-refractivity contribution < 1.29 is 9.13 Å². The number of nitrogens with one attached hydrogen (secondary N) is 2. The van der Waals surface area contributed by atoms with Gasteiger partial charge < -0.3 is 15.4 Å². The van der Waals surface area contributed by atoms with Crippen molar-refractivity contribution in [2.45, 2.75) is 26.9 Å². The molecule has 4 nitrogen and oxygen atoms in total. The Kier molecular flexibility index (Phi) is 8.68. The molecule has 6 heteroatoms. The Morgan fingerprint density at radius 3 is 2.40 bits per heavy atom. The van der Waals surface area contributed by atoms with Crippen LogP contribution in [0.2, 0.25) is 0 Å². The quantitative estimate of drug-likeness (QED) is 0.407. The lowest BCUT2D eigenvalue weighted by Gasteiger charge is -2.14. The van der Waals surface area contributed by atoms with Crippen LogP contribution in [0, 0.1) is 19.7 Å². The van der Waals surface area contributed by atoms with Crippen molar-refractivity contribution in [2.24, 2.45) is 4.99 Å². The molecule has 0 unspecified atom stereocenters. The van der Waals surface area contributed by atoms with Gasteiger partial charge in [0.05, 0.1) is 7.11 Å². The maximum absolute atomic E-state index is 13.7. The summed E-state index contributed by atoms with van der Waals surface area (Å²) >= 11 is 0. The first-order valence-electron chi connectivity index (χ1n) is 7.86. The number of halogens is 2. The highest BCUT2D eigenvalue weighted by Gasteiger charge is 2.05. The van der Waals surface area contributed by atoms with Crippen molar-refractivity contribution in [2.75, 3.05) is 14.2 Å². The van der Waals surface area contributed by atoms with Crippen LogP contribution in [-0.4, -0.2) is 20.1 Å². The fourth-order valence-corrected chi connectivity index (χ4v) is 2.45. The SMILES string of the molecule is CN=C(NCc1ccc(OC)c(F)c1)NCc1ccc(C)cc1C.I. The second-order valence-corrected chi connectivity index (χ2v) is 5.68. The van der Waals surface area contributed by atoms with Gasteiger partial charge in [0, 0.05) is 20.1 Å². The Balaban J connectivity index is 0.00000312. The molecule has 0 bridgehead atoms. The van der Waals surface area contributed by atoms with Crippen LogP contribution in [0.5, 0.6) is 5.75 Å². The number of aryl methyl sites for hydroxylation is 2. The third-order valence-electron chi connectivity index (χ3n) is 3.84. The van der Waals surface area contributed by atoms with Gasteiger partial charge in [-0.2, -0.15) is 0 Å². The molecular weight excluding hydrogens is 432 g/mol. The minimum Gasteiger partial charge on any atom is -0.494 e. The predicted molar refractivity (Wildman–Crippen MR) is 111 cm³/mol. The fourth-order valence-electron chi connectivity index (χ4n) is 2.45. The first kappa shape index (κ1) is 21.2. The molecule has 0 aliphatic carbocycles. The van der Waals surface area contributed by atoms with Gasteiger partial charge in [-0.15, -0.1) is 24.0 Å². The van der Waals surface area contributed by atoms with Crippen LogP contribution in [0.1, 0.15) is 22.3 Å². The lowest BCUT2D eigenvalue weighted by atomic mass is 10.1. The maximum atomic E-state index is 13.7. The summed E-state index contributed by atoms with van der Waals surface area (Å²) in [5.74, 6) is 0.553. The average molecular weight is 457 g/mol. The number of benzene rings is 2. The Labute approximate surface area is 165 Å². The zero-order valence-corrected chi connectivity index (χ0v) is 17.4. The zero-order chi connectivity index (χ0) is 17.5. The van der Waals surface area contributed by atoms with Crippen molar-refractivity contribution in [3.8, 4) is 5.75 Å². The molecule has 0 aliphatic heterocycles. The summed E-state index contributed by atoms with van der Waals surface area (Å²) in [5, 5.41) is 6.46. The summed E-state index contributed by atoms with van der Waals surface area (Å²) in [4.78, 5) is 4.20. The van der Waals surface area contributed by atoms with Crippen molar-refractivity contribution in [3.05, 3.63) is 64.5 Å². The smallest absolute Gasteiger partial charge is 0.191 e. The molecule has 0 saturated heterocycles. The van der Waals surface area contributed by atoms with Gasteiger partial charge in [-0.3, -0.25) is 4.99 Å². The van der Waals surface area contributed by atoms with E-state index in [9.17, 15) is 4.39 Å². The molecule has 0 atom stereocenters. The molecule has 0 fully saturated rings. The molecular formula is C19H25FIN3O. The minimum atomic E-state index is -0.366. The van der Waals surface area contributed by atoms with E-state index in [4.69, 9.17) is 4.74 Å². The van der Waals surface area contributed by atoms with E-state index in [0.29, 0.717) is 19.0 Å². The molecule has 0 aromatic heterocycles. The minimum absolute atomic E-state index is 0. The van der Waals surface area contributed by atoms with Crippen LogP contribution in [-0.2, 0) is 13.1 Å². The molecule has 0 spiro atoms. The van der Waals surface area contributed by atoms with E-state index in [2.05, 4.69) is 47.7 Å². The number of aliphatic imine (C=N–C) groups is 1. The van der Waals surface area contributed by atoms with Crippen LogP contribution < -0.4 is 15.4 Å². The first-order chi connectivity index (χ1) is 11.5. The third-order valence-corrected chi connectivity index (χ3v) is 3.84. The van der Waals surface area contributed by atoms with Gasteiger partial charge >= 0.3 is 0 Å². The van der Waals surface area contributed by atoms with Gasteiger partial charge in [-0.25, -0.2) is 4.39 Å². The molecule has 0 amide bonds. The van der Waals surface area contributed by atoms with Crippen LogP contribution >= 0.6 is 24.0 Å². The van der Waals surface area contributed by atoms with E-state index < -0.39 is 0 Å². The zero-order valence-electron chi connectivity index (χ0n) is 15.0. The van der Waals surface area contributed by atoms with Crippen LogP contribution in [0.25, 0.3) is 0 Å². The summed E-state index contributed by atoms with van der Waals surface area (Å²) in [6.07, 6.45) is 0. The molecule has 0 aliphatic rings. The van der Waals surface area contributed by atoms with Crippen molar-refractivity contribution in [1.82, 2.24) is 10.6 Å². The van der Waals surface area contributed by atoms with E-state index in [1.54, 1.807) is 13.1 Å². The van der Waals surface area contributed by atoms with E-state index in [1.165, 1.54) is 29.9 Å². The number of rotatable bonds is 5. The summed E-state index contributed by atoms with van der Waals surface area (Å²) in [7, 11) is 3.17. The number of ether oxygens (including phenoxy) is 1.